The third kappa shape index (κ3) is 1.78. The fraction of sp³-hybridized carbons (Fsp3) is 1.00. The van der Waals surface area contributed by atoms with Gasteiger partial charge in [0.15, 0.2) is 0 Å². The summed E-state index contributed by atoms with van der Waals surface area (Å²) in [6.45, 7) is 5.87. The largest absolute Gasteiger partial charge is 0.478 e. The van der Waals surface area contributed by atoms with Gasteiger partial charge in [-0.1, -0.05) is 0 Å². The van der Waals surface area contributed by atoms with E-state index in [-0.39, 0.29) is 0 Å². The van der Waals surface area contributed by atoms with Crippen molar-refractivity contribution in [3.63, 3.8) is 0 Å². The summed E-state index contributed by atoms with van der Waals surface area (Å²) in [6.07, 6.45) is 0. The number of nitrogens with zero attached hydrogens (tertiary/aromatic N) is 2. The SMILES string of the molecule is CB1N(C)PN(C)B(C)[NH+]1C. The predicted octanol–water partition coefficient (Wildman–Crippen LogP) is -0.877. The smallest absolute Gasteiger partial charge is 0.450 e. The van der Waals surface area contributed by atoms with Gasteiger partial charge in [-0.3, -0.25) is 9.16 Å². The van der Waals surface area contributed by atoms with Crippen molar-refractivity contribution in [2.75, 3.05) is 21.1 Å². The van der Waals surface area contributed by atoms with Gasteiger partial charge in [-0.05, 0) is 27.7 Å². The zero-order valence-corrected chi connectivity index (χ0v) is 9.05. The summed E-state index contributed by atoms with van der Waals surface area (Å²) in [4.78, 5) is 0. The molecule has 6 heteroatoms. The van der Waals surface area contributed by atoms with Crippen LogP contribution in [0.15, 0.2) is 0 Å². The van der Waals surface area contributed by atoms with Gasteiger partial charge in [-0.15, -0.1) is 0 Å². The molecule has 0 saturated carbocycles. The maximum atomic E-state index is 2.40. The molecule has 1 rings (SSSR count). The van der Waals surface area contributed by atoms with Gasteiger partial charge in [0.1, 0.15) is 0 Å². The first-order valence-electron chi connectivity index (χ1n) is 4.09. The topological polar surface area (TPSA) is 10.9 Å². The van der Waals surface area contributed by atoms with E-state index in [2.05, 4.69) is 44.0 Å². The Hall–Kier alpha value is 0.440. The molecule has 3 nitrogen and oxygen atoms in total. The van der Waals surface area contributed by atoms with Crippen LogP contribution in [0, 0.1) is 0 Å². The van der Waals surface area contributed by atoms with Gasteiger partial charge in [-0.2, -0.15) is 0 Å². The Balaban J connectivity index is 2.63. The molecule has 0 atom stereocenters. The Morgan fingerprint density at radius 1 is 1.09 bits per heavy atom. The molecule has 1 fully saturated rings. The van der Waals surface area contributed by atoms with Crippen molar-refractivity contribution in [3.05, 3.63) is 0 Å². The van der Waals surface area contributed by atoms with Crippen molar-refractivity contribution in [1.29, 1.82) is 0 Å². The van der Waals surface area contributed by atoms with Gasteiger partial charge in [0.05, 0.1) is 0 Å². The number of quaternary nitrogens is 1. The van der Waals surface area contributed by atoms with Gasteiger partial charge < -0.3 is 4.72 Å². The minimum absolute atomic E-state index is 0.652. The quantitative estimate of drug-likeness (QED) is 0.375. The van der Waals surface area contributed by atoms with Gasteiger partial charge in [0.2, 0.25) is 0 Å². The standard InChI is InChI=1S/C5H16B2N3P/c1-6-8(3)7(2)10(5)11-9(6)4/h11H,1-5H3/p+1. The maximum Gasteiger partial charge on any atom is 0.478 e. The lowest BCUT2D eigenvalue weighted by atomic mass is 9.63. The lowest BCUT2D eigenvalue weighted by Gasteiger charge is -2.39. The van der Waals surface area contributed by atoms with Crippen LogP contribution in [0.1, 0.15) is 0 Å². The summed E-state index contributed by atoms with van der Waals surface area (Å²) >= 11 is 0. The first kappa shape index (κ1) is 9.53. The van der Waals surface area contributed by atoms with E-state index in [0.29, 0.717) is 14.0 Å². The highest BCUT2D eigenvalue weighted by molar-refractivity contribution is 7.37. The lowest BCUT2D eigenvalue weighted by Crippen LogP contribution is -3.24. The predicted molar refractivity (Wildman–Crippen MR) is 54.0 cm³/mol. The number of hydrogen-bond donors (Lipinski definition) is 1. The van der Waals surface area contributed by atoms with E-state index >= 15 is 0 Å². The van der Waals surface area contributed by atoms with Crippen molar-refractivity contribution >= 4 is 22.8 Å². The fourth-order valence-corrected chi connectivity index (χ4v) is 2.63. The maximum absolute atomic E-state index is 2.40. The summed E-state index contributed by atoms with van der Waals surface area (Å²) in [7, 11) is 7.48. The molecule has 0 radical (unpaired) electrons. The Kier molecular flexibility index (Phi) is 2.98. The Bertz CT molecular complexity index is 134. The molecule has 1 aliphatic heterocycles. The van der Waals surface area contributed by atoms with E-state index in [0.717, 1.165) is 8.88 Å². The first-order valence-corrected chi connectivity index (χ1v) is 4.98. The average molecular weight is 172 g/mol. The molecule has 62 valence electrons. The average Bonchev–Trinajstić information content (AvgIpc) is 1.97. The van der Waals surface area contributed by atoms with Crippen molar-refractivity contribution in [2.45, 2.75) is 13.6 Å². The highest BCUT2D eigenvalue weighted by Crippen LogP contribution is 2.22. The Labute approximate surface area is 72.2 Å². The van der Waals surface area contributed by atoms with E-state index in [4.69, 9.17) is 0 Å². The van der Waals surface area contributed by atoms with Crippen LogP contribution in [0.5, 0.6) is 0 Å². The highest BCUT2D eigenvalue weighted by atomic mass is 31.1. The summed E-state index contributed by atoms with van der Waals surface area (Å²) in [5.74, 6) is 0. The molecule has 0 amide bonds. The molecule has 0 aliphatic carbocycles. The van der Waals surface area contributed by atoms with Gasteiger partial charge in [-0.25, -0.2) is 0 Å². The van der Waals surface area contributed by atoms with E-state index in [9.17, 15) is 0 Å². The molecular formula is C5H17B2N3P+. The molecule has 0 spiro atoms. The molecular weight excluding hydrogens is 155 g/mol. The second-order valence-electron chi connectivity index (χ2n) is 3.42. The Morgan fingerprint density at radius 2 is 1.45 bits per heavy atom. The van der Waals surface area contributed by atoms with Crippen molar-refractivity contribution < 1.29 is 4.72 Å². The number of hydrogen-bond acceptors (Lipinski definition) is 2. The molecule has 0 bridgehead atoms. The second-order valence-corrected chi connectivity index (χ2v) is 5.03. The molecule has 0 aromatic rings. The van der Waals surface area contributed by atoms with Crippen LogP contribution < -0.4 is 4.72 Å². The van der Waals surface area contributed by atoms with Crippen LogP contribution in [0.3, 0.4) is 0 Å². The minimum atomic E-state index is 0.652. The molecule has 1 aliphatic rings. The zero-order chi connectivity index (χ0) is 8.59. The van der Waals surface area contributed by atoms with Crippen LogP contribution in [-0.4, -0.2) is 44.3 Å². The molecule has 0 aromatic carbocycles. The minimum Gasteiger partial charge on any atom is -0.450 e. The van der Waals surface area contributed by atoms with Gasteiger partial charge in [0, 0.05) is 15.9 Å². The van der Waals surface area contributed by atoms with Crippen molar-refractivity contribution in [3.8, 4) is 0 Å². The lowest BCUT2D eigenvalue weighted by molar-refractivity contribution is -0.651. The van der Waals surface area contributed by atoms with Crippen LogP contribution in [-0.2, 0) is 0 Å². The highest BCUT2D eigenvalue weighted by Gasteiger charge is 2.42. The molecule has 0 aromatic heterocycles. The molecule has 1 saturated heterocycles. The van der Waals surface area contributed by atoms with Crippen molar-refractivity contribution in [2.24, 2.45) is 0 Å². The van der Waals surface area contributed by atoms with E-state index < -0.39 is 0 Å². The Morgan fingerprint density at radius 3 is 1.82 bits per heavy atom. The van der Waals surface area contributed by atoms with Crippen LogP contribution in [0.25, 0.3) is 0 Å². The third-order valence-corrected chi connectivity index (χ3v) is 4.20. The van der Waals surface area contributed by atoms with Gasteiger partial charge in [0.25, 0.3) is 0 Å². The third-order valence-electron chi connectivity index (χ3n) is 2.80. The number of rotatable bonds is 0. The zero-order valence-electron chi connectivity index (χ0n) is 8.05. The molecule has 1 N–H and O–H groups in total. The summed E-state index contributed by atoms with van der Waals surface area (Å²) in [5, 5.41) is 0. The molecule has 1 heterocycles. The first-order chi connectivity index (χ1) is 5.04. The summed E-state index contributed by atoms with van der Waals surface area (Å²) < 4.78 is 6.37. The van der Waals surface area contributed by atoms with E-state index in [1.54, 1.807) is 4.72 Å². The molecule has 0 unspecified atom stereocenters. The van der Waals surface area contributed by atoms with Gasteiger partial charge >= 0.3 is 14.0 Å². The van der Waals surface area contributed by atoms with E-state index in [1.807, 2.05) is 0 Å². The fourth-order valence-electron chi connectivity index (χ4n) is 1.38. The van der Waals surface area contributed by atoms with Crippen LogP contribution >= 0.6 is 8.88 Å². The summed E-state index contributed by atoms with van der Waals surface area (Å²) in [6, 6.07) is 0. The monoisotopic (exact) mass is 172 g/mol. The van der Waals surface area contributed by atoms with Crippen molar-refractivity contribution in [1.82, 2.24) is 9.16 Å². The van der Waals surface area contributed by atoms with Crippen LogP contribution in [0.2, 0.25) is 13.6 Å². The van der Waals surface area contributed by atoms with E-state index in [1.165, 1.54) is 0 Å². The second kappa shape index (κ2) is 3.44. The molecule has 11 heavy (non-hydrogen) atoms. The summed E-state index contributed by atoms with van der Waals surface area (Å²) in [5.41, 5.74) is 0. The van der Waals surface area contributed by atoms with Crippen LogP contribution in [0.4, 0.5) is 0 Å². The normalized spacial score (nSPS) is 31.9. The number of nitrogens with one attached hydrogen (secondary N) is 1.